The van der Waals surface area contributed by atoms with Crippen molar-refractivity contribution in [2.45, 2.75) is 76.4 Å². The van der Waals surface area contributed by atoms with E-state index in [1.165, 1.54) is 49.3 Å². The first-order valence-electron chi connectivity index (χ1n) is 15.1. The molecule has 0 aromatic heterocycles. The molecule has 0 heterocycles. The van der Waals surface area contributed by atoms with Gasteiger partial charge < -0.3 is 15.0 Å². The second-order valence-electron chi connectivity index (χ2n) is 11.6. The lowest BCUT2D eigenvalue weighted by Crippen LogP contribution is -2.53. The summed E-state index contributed by atoms with van der Waals surface area (Å²) in [7, 11) is -3.27. The number of carbonyl (C=O) groups is 2. The van der Waals surface area contributed by atoms with Crippen molar-refractivity contribution in [2.24, 2.45) is 0 Å². The van der Waals surface area contributed by atoms with Crippen LogP contribution in [-0.2, 0) is 26.2 Å². The summed E-state index contributed by atoms with van der Waals surface area (Å²) in [5, 5.41) is 14.9. The fraction of sp³-hybridized carbons (Fsp3) is 0.394. The first kappa shape index (κ1) is 34.7. The zero-order valence-electron chi connectivity index (χ0n) is 26.4. The van der Waals surface area contributed by atoms with Gasteiger partial charge in [-0.15, -0.1) is 0 Å². The number of aryl methyl sites for hydroxylation is 2. The Morgan fingerprint density at radius 2 is 1.78 bits per heavy atom. The molecule has 3 aromatic carbocycles. The lowest BCUT2D eigenvalue weighted by molar-refractivity contribution is -0.385. The van der Waals surface area contributed by atoms with Gasteiger partial charge in [0.2, 0.25) is 11.8 Å². The van der Waals surface area contributed by atoms with Crippen LogP contribution in [-0.4, -0.2) is 55.8 Å². The first-order chi connectivity index (χ1) is 21.8. The Morgan fingerprint density at radius 3 is 2.43 bits per heavy atom. The molecule has 0 saturated heterocycles. The van der Waals surface area contributed by atoms with Gasteiger partial charge >= 0.3 is 0 Å². The number of amides is 2. The fourth-order valence-electron chi connectivity index (χ4n) is 5.60. The number of methoxy groups -OCH3 is 1. The molecule has 0 bridgehead atoms. The predicted molar refractivity (Wildman–Crippen MR) is 177 cm³/mol. The number of halogens is 1. The van der Waals surface area contributed by atoms with Gasteiger partial charge in [-0.2, -0.15) is 0 Å². The van der Waals surface area contributed by atoms with Crippen LogP contribution in [0.4, 0.5) is 11.4 Å². The smallest absolute Gasteiger partial charge is 0.273 e. The minimum absolute atomic E-state index is 0.00421. The number of nitrogens with zero attached hydrogens (tertiary/aromatic N) is 3. The van der Waals surface area contributed by atoms with Gasteiger partial charge in [0.05, 0.1) is 22.6 Å². The highest BCUT2D eigenvalue weighted by molar-refractivity contribution is 7.92. The third-order valence-electron chi connectivity index (χ3n) is 8.21. The summed E-state index contributed by atoms with van der Waals surface area (Å²) < 4.78 is 34.8. The third-order valence-corrected chi connectivity index (χ3v) is 10.2. The number of ether oxygens (including phenoxy) is 1. The van der Waals surface area contributed by atoms with Gasteiger partial charge in [-0.05, 0) is 63.4 Å². The molecule has 11 nitrogen and oxygen atoms in total. The highest BCUT2D eigenvalue weighted by atomic mass is 35.5. The van der Waals surface area contributed by atoms with Crippen molar-refractivity contribution in [1.82, 2.24) is 10.2 Å². The van der Waals surface area contributed by atoms with Crippen LogP contribution in [0.1, 0.15) is 55.7 Å². The van der Waals surface area contributed by atoms with Crippen molar-refractivity contribution in [3.63, 3.8) is 0 Å². The standard InChI is InChI=1S/C33H39ClN4O7S/c1-22-9-8-10-25(17-22)20-36(24(3)33(40)35-27-11-6-5-7-12-27)32(39)21-37(30-18-26(34)14-16-31(30)45-4)46(43,44)28-15-13-23(2)29(19-28)38(41)42/h8-10,13-19,24,27H,5-7,11-12,20-21H2,1-4H3,(H,35,40)/t24-/m0/s1. The number of rotatable bonds is 12. The highest BCUT2D eigenvalue weighted by Gasteiger charge is 2.35. The molecule has 1 aliphatic rings. The van der Waals surface area contributed by atoms with Gasteiger partial charge in [-0.1, -0.05) is 66.8 Å². The van der Waals surface area contributed by atoms with Gasteiger partial charge in [0.25, 0.3) is 15.7 Å². The molecule has 0 radical (unpaired) electrons. The average molecular weight is 671 g/mol. The number of nitro benzene ring substituents is 1. The molecule has 1 saturated carbocycles. The fourth-order valence-corrected chi connectivity index (χ4v) is 7.21. The van der Waals surface area contributed by atoms with E-state index in [0.29, 0.717) is 0 Å². The number of sulfonamides is 1. The average Bonchev–Trinajstić information content (AvgIpc) is 3.02. The Hall–Kier alpha value is -4.16. The molecule has 2 amide bonds. The maximum atomic E-state index is 14.3. The quantitative estimate of drug-likeness (QED) is 0.186. The summed E-state index contributed by atoms with van der Waals surface area (Å²) in [5.74, 6) is -0.896. The SMILES string of the molecule is COc1ccc(Cl)cc1N(CC(=O)N(Cc1cccc(C)c1)[C@@H](C)C(=O)NC1CCCCC1)S(=O)(=O)c1ccc(C)c([N+](=O)[O-])c1. The number of benzene rings is 3. The molecule has 1 fully saturated rings. The van der Waals surface area contributed by atoms with Crippen LogP contribution in [0.25, 0.3) is 0 Å². The van der Waals surface area contributed by atoms with Crippen LogP contribution in [0.2, 0.25) is 5.02 Å². The van der Waals surface area contributed by atoms with E-state index in [4.69, 9.17) is 16.3 Å². The van der Waals surface area contributed by atoms with Gasteiger partial charge in [0.1, 0.15) is 18.3 Å². The van der Waals surface area contributed by atoms with Gasteiger partial charge in [-0.3, -0.25) is 24.0 Å². The number of nitro groups is 1. The van der Waals surface area contributed by atoms with Crippen molar-refractivity contribution in [1.29, 1.82) is 0 Å². The normalized spacial score (nSPS) is 14.3. The molecule has 4 rings (SSSR count). The Labute approximate surface area is 274 Å². The maximum Gasteiger partial charge on any atom is 0.273 e. The van der Waals surface area contributed by atoms with Crippen LogP contribution in [0.15, 0.2) is 65.6 Å². The van der Waals surface area contributed by atoms with Crippen LogP contribution < -0.4 is 14.4 Å². The number of anilines is 1. The number of carbonyl (C=O) groups excluding carboxylic acids is 2. The van der Waals surface area contributed by atoms with E-state index < -0.39 is 38.3 Å². The van der Waals surface area contributed by atoms with E-state index in [2.05, 4.69) is 5.32 Å². The van der Waals surface area contributed by atoms with Crippen LogP contribution >= 0.6 is 11.6 Å². The Bertz CT molecular complexity index is 1710. The molecule has 46 heavy (non-hydrogen) atoms. The summed E-state index contributed by atoms with van der Waals surface area (Å²) in [6.45, 7) is 4.33. The van der Waals surface area contributed by atoms with Gasteiger partial charge in [0, 0.05) is 29.2 Å². The zero-order valence-corrected chi connectivity index (χ0v) is 27.9. The molecule has 1 atom stereocenters. The first-order valence-corrected chi connectivity index (χ1v) is 16.9. The molecule has 13 heteroatoms. The van der Waals surface area contributed by atoms with Crippen molar-refractivity contribution in [3.05, 3.63) is 92.5 Å². The minimum Gasteiger partial charge on any atom is -0.495 e. The Kier molecular flexibility index (Phi) is 11.3. The Balaban J connectivity index is 1.78. The second-order valence-corrected chi connectivity index (χ2v) is 13.9. The van der Waals surface area contributed by atoms with Crippen LogP contribution in [0.5, 0.6) is 5.75 Å². The van der Waals surface area contributed by atoms with E-state index in [-0.39, 0.29) is 46.2 Å². The summed E-state index contributed by atoms with van der Waals surface area (Å²) in [6, 6.07) is 14.4. The van der Waals surface area contributed by atoms with Crippen molar-refractivity contribution < 1.29 is 27.7 Å². The van der Waals surface area contributed by atoms with Crippen LogP contribution in [0, 0.1) is 24.0 Å². The molecule has 0 unspecified atom stereocenters. The Morgan fingerprint density at radius 1 is 1.07 bits per heavy atom. The second kappa shape index (κ2) is 15.0. The highest BCUT2D eigenvalue weighted by Crippen LogP contribution is 2.36. The summed E-state index contributed by atoms with van der Waals surface area (Å²) in [5.41, 5.74) is 1.56. The minimum atomic E-state index is -4.61. The van der Waals surface area contributed by atoms with E-state index in [0.717, 1.165) is 53.6 Å². The summed E-state index contributed by atoms with van der Waals surface area (Å²) in [6.07, 6.45) is 4.84. The number of nitrogens with one attached hydrogen (secondary N) is 1. The summed E-state index contributed by atoms with van der Waals surface area (Å²) >= 11 is 6.29. The molecule has 246 valence electrons. The zero-order chi connectivity index (χ0) is 33.6. The van der Waals surface area contributed by atoms with E-state index in [9.17, 15) is 28.1 Å². The van der Waals surface area contributed by atoms with Gasteiger partial charge in [-0.25, -0.2) is 8.42 Å². The molecule has 0 spiro atoms. The molecule has 3 aromatic rings. The van der Waals surface area contributed by atoms with Crippen LogP contribution in [0.3, 0.4) is 0 Å². The largest absolute Gasteiger partial charge is 0.495 e. The van der Waals surface area contributed by atoms with E-state index >= 15 is 0 Å². The van der Waals surface area contributed by atoms with Crippen molar-refractivity contribution in [3.8, 4) is 5.75 Å². The maximum absolute atomic E-state index is 14.3. The topological polar surface area (TPSA) is 139 Å². The summed E-state index contributed by atoms with van der Waals surface area (Å²) in [4.78, 5) is 39.8. The van der Waals surface area contributed by atoms with Crippen molar-refractivity contribution >= 4 is 44.8 Å². The molecular formula is C33H39ClN4O7S. The van der Waals surface area contributed by atoms with E-state index in [1.807, 2.05) is 31.2 Å². The molecule has 1 aliphatic carbocycles. The monoisotopic (exact) mass is 670 g/mol. The van der Waals surface area contributed by atoms with Gasteiger partial charge in [0.15, 0.2) is 0 Å². The lowest BCUT2D eigenvalue weighted by Gasteiger charge is -2.33. The molecule has 0 aliphatic heterocycles. The van der Waals surface area contributed by atoms with E-state index in [1.54, 1.807) is 6.92 Å². The molecular weight excluding hydrogens is 632 g/mol. The molecule has 1 N–H and O–H groups in total. The van der Waals surface area contributed by atoms with Crippen molar-refractivity contribution in [2.75, 3.05) is 18.0 Å². The third kappa shape index (κ3) is 8.16. The number of hydrogen-bond donors (Lipinski definition) is 1. The lowest BCUT2D eigenvalue weighted by atomic mass is 9.95. The predicted octanol–water partition coefficient (Wildman–Crippen LogP) is 5.94. The number of hydrogen-bond acceptors (Lipinski definition) is 7.